The summed E-state index contributed by atoms with van der Waals surface area (Å²) < 4.78 is 0. The second kappa shape index (κ2) is 5.15. The molecule has 1 aromatic rings. The number of hydrogen-bond acceptors (Lipinski definition) is 3. The first-order valence-corrected chi connectivity index (χ1v) is 6.75. The molecule has 0 spiro atoms. The Kier molecular flexibility index (Phi) is 3.70. The Bertz CT molecular complexity index is 536. The topological polar surface area (TPSA) is 75.4 Å². The van der Waals surface area contributed by atoms with Crippen molar-refractivity contribution in [2.24, 2.45) is 5.41 Å². The number of hydrogen-bond donors (Lipinski definition) is 2. The summed E-state index contributed by atoms with van der Waals surface area (Å²) in [5.41, 5.74) is 7.31. The third-order valence-corrected chi connectivity index (χ3v) is 4.05. The van der Waals surface area contributed by atoms with Gasteiger partial charge in [0.2, 0.25) is 5.91 Å². The fourth-order valence-corrected chi connectivity index (χ4v) is 2.76. The molecule has 2 amide bonds. The number of carbonyl (C=O) groups excluding carboxylic acids is 2. The first-order chi connectivity index (χ1) is 9.39. The van der Waals surface area contributed by atoms with E-state index in [1.165, 1.54) is 0 Å². The zero-order valence-corrected chi connectivity index (χ0v) is 12.2. The largest absolute Gasteiger partial charge is 0.398 e. The number of nitrogens with one attached hydrogen (secondary N) is 1. The van der Waals surface area contributed by atoms with Gasteiger partial charge in [-0.15, -0.1) is 0 Å². The van der Waals surface area contributed by atoms with Crippen molar-refractivity contribution in [2.75, 3.05) is 25.9 Å². The molecule has 0 radical (unpaired) electrons. The summed E-state index contributed by atoms with van der Waals surface area (Å²) in [6, 6.07) is 5.44. The predicted molar refractivity (Wildman–Crippen MR) is 78.3 cm³/mol. The van der Waals surface area contributed by atoms with Crippen molar-refractivity contribution in [2.45, 2.75) is 20.3 Å². The average Bonchev–Trinajstić information content (AvgIpc) is 2.81. The Hall–Kier alpha value is -2.04. The summed E-state index contributed by atoms with van der Waals surface area (Å²) in [6.07, 6.45) is 0.671. The van der Waals surface area contributed by atoms with E-state index in [1.807, 2.05) is 26.0 Å². The molecule has 108 valence electrons. The number of rotatable bonds is 2. The lowest BCUT2D eigenvalue weighted by atomic mass is 9.89. The third kappa shape index (κ3) is 2.35. The van der Waals surface area contributed by atoms with Crippen LogP contribution in [-0.2, 0) is 4.79 Å². The molecule has 0 aliphatic carbocycles. The van der Waals surface area contributed by atoms with Gasteiger partial charge >= 0.3 is 0 Å². The average molecular weight is 275 g/mol. The maximum absolute atomic E-state index is 12.6. The number of amides is 2. The van der Waals surface area contributed by atoms with Gasteiger partial charge in [0.25, 0.3) is 5.91 Å². The van der Waals surface area contributed by atoms with Gasteiger partial charge in [0.1, 0.15) is 0 Å². The van der Waals surface area contributed by atoms with E-state index in [4.69, 9.17) is 5.73 Å². The van der Waals surface area contributed by atoms with E-state index in [2.05, 4.69) is 5.32 Å². The molecular weight excluding hydrogens is 254 g/mol. The van der Waals surface area contributed by atoms with E-state index in [9.17, 15) is 9.59 Å². The molecule has 1 atom stereocenters. The van der Waals surface area contributed by atoms with Gasteiger partial charge in [0.05, 0.1) is 11.0 Å². The fourth-order valence-electron chi connectivity index (χ4n) is 2.76. The molecule has 1 saturated heterocycles. The van der Waals surface area contributed by atoms with E-state index >= 15 is 0 Å². The van der Waals surface area contributed by atoms with Crippen molar-refractivity contribution in [1.29, 1.82) is 0 Å². The molecule has 1 fully saturated rings. The quantitative estimate of drug-likeness (QED) is 0.796. The summed E-state index contributed by atoms with van der Waals surface area (Å²) in [4.78, 5) is 26.2. The number of likely N-dealkylation sites (tertiary alicyclic amines) is 1. The summed E-state index contributed by atoms with van der Waals surface area (Å²) in [6.45, 7) is 4.77. The second-order valence-electron chi connectivity index (χ2n) is 5.66. The lowest BCUT2D eigenvalue weighted by Gasteiger charge is -2.23. The molecule has 1 aliphatic rings. The Morgan fingerprint density at radius 2 is 2.10 bits per heavy atom. The van der Waals surface area contributed by atoms with E-state index < -0.39 is 5.41 Å². The summed E-state index contributed by atoms with van der Waals surface area (Å²) in [7, 11) is 1.62. The SMILES string of the molecule is CNC(=O)C1(C)CCN(C(=O)c2c(C)cccc2N)C1. The highest BCUT2D eigenvalue weighted by Gasteiger charge is 2.42. The molecule has 0 saturated carbocycles. The summed E-state index contributed by atoms with van der Waals surface area (Å²) in [5.74, 6) is -0.112. The van der Waals surface area contributed by atoms with Crippen LogP contribution in [0, 0.1) is 12.3 Å². The van der Waals surface area contributed by atoms with Crippen LogP contribution in [0.3, 0.4) is 0 Å². The maximum atomic E-state index is 12.6. The van der Waals surface area contributed by atoms with Gasteiger partial charge in [0.15, 0.2) is 0 Å². The van der Waals surface area contributed by atoms with Gasteiger partial charge in [-0.3, -0.25) is 9.59 Å². The molecule has 1 heterocycles. The molecule has 1 aliphatic heterocycles. The predicted octanol–water partition coefficient (Wildman–Crippen LogP) is 1.18. The van der Waals surface area contributed by atoms with Gasteiger partial charge in [-0.2, -0.15) is 0 Å². The van der Waals surface area contributed by atoms with Crippen molar-refractivity contribution in [1.82, 2.24) is 10.2 Å². The molecule has 1 unspecified atom stereocenters. The van der Waals surface area contributed by atoms with Crippen LogP contribution in [-0.4, -0.2) is 36.9 Å². The molecule has 5 heteroatoms. The second-order valence-corrected chi connectivity index (χ2v) is 5.66. The van der Waals surface area contributed by atoms with E-state index in [-0.39, 0.29) is 11.8 Å². The zero-order valence-electron chi connectivity index (χ0n) is 12.2. The van der Waals surface area contributed by atoms with Crippen molar-refractivity contribution in [3.8, 4) is 0 Å². The van der Waals surface area contributed by atoms with Crippen molar-refractivity contribution >= 4 is 17.5 Å². The normalized spacial score (nSPS) is 21.9. The lowest BCUT2D eigenvalue weighted by Crippen LogP contribution is -2.40. The molecule has 0 bridgehead atoms. The highest BCUT2D eigenvalue weighted by atomic mass is 16.2. The third-order valence-electron chi connectivity index (χ3n) is 4.05. The van der Waals surface area contributed by atoms with Gasteiger partial charge in [-0.1, -0.05) is 12.1 Å². The van der Waals surface area contributed by atoms with Crippen LogP contribution in [0.15, 0.2) is 18.2 Å². The smallest absolute Gasteiger partial charge is 0.256 e. The minimum Gasteiger partial charge on any atom is -0.398 e. The number of carbonyl (C=O) groups is 2. The molecule has 5 nitrogen and oxygen atoms in total. The molecule has 20 heavy (non-hydrogen) atoms. The van der Waals surface area contributed by atoms with Crippen molar-refractivity contribution in [3.63, 3.8) is 0 Å². The Balaban J connectivity index is 2.23. The number of aryl methyl sites for hydroxylation is 1. The van der Waals surface area contributed by atoms with Gasteiger partial charge < -0.3 is 16.0 Å². The van der Waals surface area contributed by atoms with Gasteiger partial charge in [-0.05, 0) is 31.9 Å². The van der Waals surface area contributed by atoms with Crippen LogP contribution in [0.1, 0.15) is 29.3 Å². The highest BCUT2D eigenvalue weighted by molar-refractivity contribution is 6.01. The summed E-state index contributed by atoms with van der Waals surface area (Å²) in [5, 5.41) is 2.67. The van der Waals surface area contributed by atoms with E-state index in [0.717, 1.165) is 5.56 Å². The van der Waals surface area contributed by atoms with Gasteiger partial charge in [-0.25, -0.2) is 0 Å². The first kappa shape index (κ1) is 14.4. The highest BCUT2D eigenvalue weighted by Crippen LogP contribution is 2.32. The first-order valence-electron chi connectivity index (χ1n) is 6.75. The minimum absolute atomic E-state index is 0.0226. The van der Waals surface area contributed by atoms with E-state index in [1.54, 1.807) is 18.0 Å². The Labute approximate surface area is 119 Å². The van der Waals surface area contributed by atoms with Crippen LogP contribution in [0.2, 0.25) is 0 Å². The zero-order chi connectivity index (χ0) is 14.9. The van der Waals surface area contributed by atoms with E-state index in [0.29, 0.717) is 30.8 Å². The summed E-state index contributed by atoms with van der Waals surface area (Å²) >= 11 is 0. The van der Waals surface area contributed by atoms with Crippen LogP contribution in [0.5, 0.6) is 0 Å². The number of nitrogens with two attached hydrogens (primary N) is 1. The van der Waals surface area contributed by atoms with Crippen LogP contribution < -0.4 is 11.1 Å². The number of nitrogens with zero attached hydrogens (tertiary/aromatic N) is 1. The monoisotopic (exact) mass is 275 g/mol. The Morgan fingerprint density at radius 3 is 2.70 bits per heavy atom. The lowest BCUT2D eigenvalue weighted by molar-refractivity contribution is -0.128. The molecule has 1 aromatic carbocycles. The molecule has 0 aromatic heterocycles. The van der Waals surface area contributed by atoms with Crippen LogP contribution in [0.25, 0.3) is 0 Å². The van der Waals surface area contributed by atoms with Crippen LogP contribution in [0.4, 0.5) is 5.69 Å². The van der Waals surface area contributed by atoms with Crippen molar-refractivity contribution < 1.29 is 9.59 Å². The molecular formula is C15H21N3O2. The fraction of sp³-hybridized carbons (Fsp3) is 0.467. The van der Waals surface area contributed by atoms with Gasteiger partial charge in [0, 0.05) is 25.8 Å². The minimum atomic E-state index is -0.512. The molecule has 2 rings (SSSR count). The Morgan fingerprint density at radius 1 is 1.40 bits per heavy atom. The molecule has 3 N–H and O–H groups in total. The number of benzene rings is 1. The standard InChI is InChI=1S/C15H21N3O2/c1-10-5-4-6-11(16)12(10)13(19)18-8-7-15(2,9-18)14(20)17-3/h4-6H,7-9,16H2,1-3H3,(H,17,20). The number of anilines is 1. The maximum Gasteiger partial charge on any atom is 0.256 e. The number of nitrogen functional groups attached to an aromatic ring is 1. The van der Waals surface area contributed by atoms with Crippen molar-refractivity contribution in [3.05, 3.63) is 29.3 Å². The van der Waals surface area contributed by atoms with Crippen LogP contribution >= 0.6 is 0 Å².